The number of thiazole rings is 1. The molecule has 8 heteroatoms. The zero-order chi connectivity index (χ0) is 13.8. The van der Waals surface area contributed by atoms with Gasteiger partial charge in [0.25, 0.3) is 0 Å². The number of carboxylic acid groups (broad SMARTS) is 1. The first-order valence-electron chi connectivity index (χ1n) is 5.79. The fourth-order valence-corrected chi connectivity index (χ4v) is 2.48. The van der Waals surface area contributed by atoms with E-state index in [1.165, 1.54) is 16.2 Å². The largest absolute Gasteiger partial charge is 0.481 e. The van der Waals surface area contributed by atoms with E-state index in [0.29, 0.717) is 6.54 Å². The highest BCUT2D eigenvalue weighted by molar-refractivity contribution is 7.09. The number of amides is 2. The number of carboxylic acids is 1. The predicted octanol–water partition coefficient (Wildman–Crippen LogP) is 0.384. The van der Waals surface area contributed by atoms with Gasteiger partial charge in [0.05, 0.1) is 25.8 Å². The van der Waals surface area contributed by atoms with E-state index in [-0.39, 0.29) is 19.2 Å². The molecule has 1 aliphatic heterocycles. The molecule has 0 spiro atoms. The highest BCUT2D eigenvalue weighted by Crippen LogP contribution is 2.19. The lowest BCUT2D eigenvalue weighted by Gasteiger charge is -2.26. The molecule has 0 bridgehead atoms. The number of aliphatic carboxylic acids is 1. The summed E-state index contributed by atoms with van der Waals surface area (Å²) >= 11 is 1.45. The molecule has 2 amide bonds. The summed E-state index contributed by atoms with van der Waals surface area (Å²) in [4.78, 5) is 28.4. The lowest BCUT2D eigenvalue weighted by molar-refractivity contribution is -0.142. The Morgan fingerprint density at radius 3 is 3.05 bits per heavy atom. The summed E-state index contributed by atoms with van der Waals surface area (Å²) in [5, 5.41) is 14.4. The van der Waals surface area contributed by atoms with Crippen LogP contribution in [0.15, 0.2) is 11.6 Å². The van der Waals surface area contributed by atoms with Gasteiger partial charge < -0.3 is 20.1 Å². The van der Waals surface area contributed by atoms with Crippen molar-refractivity contribution in [2.45, 2.75) is 12.6 Å². The number of hydrogen-bond acceptors (Lipinski definition) is 5. The van der Waals surface area contributed by atoms with E-state index in [4.69, 9.17) is 9.84 Å². The van der Waals surface area contributed by atoms with E-state index in [2.05, 4.69) is 10.3 Å². The number of likely N-dealkylation sites (N-methyl/N-ethyl adjacent to an activating group) is 1. The summed E-state index contributed by atoms with van der Waals surface area (Å²) in [6.07, 6.45) is 1.67. The minimum Gasteiger partial charge on any atom is -0.481 e. The van der Waals surface area contributed by atoms with Crippen LogP contribution < -0.4 is 5.32 Å². The molecular weight excluding hydrogens is 270 g/mol. The number of carbonyl (C=O) groups is 2. The Hall–Kier alpha value is -1.67. The average molecular weight is 285 g/mol. The number of hydrogen-bond donors (Lipinski definition) is 2. The third kappa shape index (κ3) is 3.21. The Labute approximate surface area is 114 Å². The first kappa shape index (κ1) is 13.8. The van der Waals surface area contributed by atoms with Crippen LogP contribution in [0.5, 0.6) is 0 Å². The Balaban J connectivity index is 1.89. The maximum Gasteiger partial charge on any atom is 0.317 e. The molecule has 2 N–H and O–H groups in total. The van der Waals surface area contributed by atoms with Crippen LogP contribution >= 0.6 is 11.3 Å². The molecule has 0 aliphatic carbocycles. The van der Waals surface area contributed by atoms with Crippen LogP contribution in [0.3, 0.4) is 0 Å². The fraction of sp³-hybridized carbons (Fsp3) is 0.545. The van der Waals surface area contributed by atoms with Crippen molar-refractivity contribution < 1.29 is 19.4 Å². The molecule has 1 aromatic heterocycles. The van der Waals surface area contributed by atoms with Gasteiger partial charge in [-0.1, -0.05) is 0 Å². The molecule has 2 heterocycles. The summed E-state index contributed by atoms with van der Waals surface area (Å²) in [5.41, 5.74) is 0. The van der Waals surface area contributed by atoms with Crippen LogP contribution in [0.2, 0.25) is 0 Å². The highest BCUT2D eigenvalue weighted by Gasteiger charge is 2.38. The smallest absolute Gasteiger partial charge is 0.317 e. The van der Waals surface area contributed by atoms with Gasteiger partial charge in [-0.3, -0.25) is 4.79 Å². The van der Waals surface area contributed by atoms with E-state index >= 15 is 0 Å². The van der Waals surface area contributed by atoms with Gasteiger partial charge in [0.2, 0.25) is 0 Å². The van der Waals surface area contributed by atoms with Crippen LogP contribution in [0.25, 0.3) is 0 Å². The van der Waals surface area contributed by atoms with Gasteiger partial charge >= 0.3 is 12.0 Å². The number of ether oxygens (including phenoxy) is 1. The summed E-state index contributed by atoms with van der Waals surface area (Å²) in [5.74, 6) is -1.61. The lowest BCUT2D eigenvalue weighted by Crippen LogP contribution is -2.48. The molecule has 2 rings (SSSR count). The van der Waals surface area contributed by atoms with Gasteiger partial charge in [0, 0.05) is 18.6 Å². The molecule has 1 aromatic rings. The van der Waals surface area contributed by atoms with Crippen molar-refractivity contribution in [3.05, 3.63) is 16.6 Å². The summed E-state index contributed by atoms with van der Waals surface area (Å²) in [6.45, 7) is 0.731. The second kappa shape index (κ2) is 5.98. The van der Waals surface area contributed by atoms with Crippen LogP contribution in [-0.2, 0) is 16.1 Å². The van der Waals surface area contributed by atoms with Crippen LogP contribution in [-0.4, -0.2) is 53.3 Å². The Morgan fingerprint density at radius 1 is 1.63 bits per heavy atom. The molecule has 2 unspecified atom stereocenters. The van der Waals surface area contributed by atoms with E-state index in [9.17, 15) is 9.59 Å². The van der Waals surface area contributed by atoms with Crippen LogP contribution in [0, 0.1) is 5.92 Å². The van der Waals surface area contributed by atoms with Gasteiger partial charge in [0.1, 0.15) is 10.9 Å². The predicted molar refractivity (Wildman–Crippen MR) is 67.8 cm³/mol. The first-order chi connectivity index (χ1) is 9.09. The average Bonchev–Trinajstić information content (AvgIpc) is 3.05. The Morgan fingerprint density at radius 2 is 2.42 bits per heavy atom. The van der Waals surface area contributed by atoms with Gasteiger partial charge in [-0.25, -0.2) is 9.78 Å². The number of rotatable bonds is 4. The Kier molecular flexibility index (Phi) is 4.33. The molecule has 104 valence electrons. The molecular formula is C11H15N3O4S. The second-order valence-electron chi connectivity index (χ2n) is 4.24. The molecule has 7 nitrogen and oxygen atoms in total. The van der Waals surface area contributed by atoms with Crippen molar-refractivity contribution in [2.24, 2.45) is 5.92 Å². The minimum absolute atomic E-state index is 0.143. The van der Waals surface area contributed by atoms with Crippen molar-refractivity contribution in [2.75, 3.05) is 20.3 Å². The van der Waals surface area contributed by atoms with Crippen molar-refractivity contribution in [3.63, 3.8) is 0 Å². The zero-order valence-corrected chi connectivity index (χ0v) is 11.2. The molecule has 1 fully saturated rings. The van der Waals surface area contributed by atoms with Crippen molar-refractivity contribution >= 4 is 23.3 Å². The third-order valence-corrected chi connectivity index (χ3v) is 3.84. The normalized spacial score (nSPS) is 22.2. The number of nitrogens with one attached hydrogen (secondary N) is 1. The van der Waals surface area contributed by atoms with Gasteiger partial charge in [-0.05, 0) is 0 Å². The van der Waals surface area contributed by atoms with Gasteiger partial charge in [-0.2, -0.15) is 0 Å². The van der Waals surface area contributed by atoms with E-state index in [0.717, 1.165) is 5.01 Å². The molecule has 19 heavy (non-hydrogen) atoms. The molecule has 2 atom stereocenters. The van der Waals surface area contributed by atoms with Crippen LogP contribution in [0.4, 0.5) is 4.79 Å². The maximum atomic E-state index is 11.9. The number of carbonyl (C=O) groups excluding carboxylic acids is 1. The Bertz CT molecular complexity index is 451. The highest BCUT2D eigenvalue weighted by atomic mass is 32.1. The topological polar surface area (TPSA) is 91.8 Å². The van der Waals surface area contributed by atoms with E-state index in [1.54, 1.807) is 13.2 Å². The summed E-state index contributed by atoms with van der Waals surface area (Å²) in [7, 11) is 1.58. The third-order valence-electron chi connectivity index (χ3n) is 3.06. The summed E-state index contributed by atoms with van der Waals surface area (Å²) < 4.78 is 5.14. The second-order valence-corrected chi connectivity index (χ2v) is 5.22. The monoisotopic (exact) mass is 285 g/mol. The van der Waals surface area contributed by atoms with E-state index < -0.39 is 17.9 Å². The van der Waals surface area contributed by atoms with Gasteiger partial charge in [0.15, 0.2) is 0 Å². The van der Waals surface area contributed by atoms with Crippen molar-refractivity contribution in [1.82, 2.24) is 15.2 Å². The molecule has 1 saturated heterocycles. The summed E-state index contributed by atoms with van der Waals surface area (Å²) in [6, 6.07) is -0.759. The van der Waals surface area contributed by atoms with Crippen molar-refractivity contribution in [1.29, 1.82) is 0 Å². The quantitative estimate of drug-likeness (QED) is 0.834. The first-order valence-corrected chi connectivity index (χ1v) is 6.67. The molecule has 0 saturated carbocycles. The standard InChI is InChI=1S/C11H15N3O4S/c1-14(8-6-18-5-7(8)10(15)16)11(17)13-4-9-12-2-3-19-9/h2-3,7-8H,4-6H2,1H3,(H,13,17)(H,15,16). The number of nitrogens with zero attached hydrogens (tertiary/aromatic N) is 2. The zero-order valence-electron chi connectivity index (χ0n) is 10.4. The number of urea groups is 1. The molecule has 1 aliphatic rings. The fourth-order valence-electron chi connectivity index (χ4n) is 1.93. The SMILES string of the molecule is CN(C(=O)NCc1nccs1)C1COCC1C(=O)O. The number of aromatic nitrogens is 1. The van der Waals surface area contributed by atoms with E-state index in [1.807, 2.05) is 5.38 Å². The minimum atomic E-state index is -0.943. The lowest BCUT2D eigenvalue weighted by atomic mass is 10.0. The maximum absolute atomic E-state index is 11.9. The molecule has 0 radical (unpaired) electrons. The molecule has 0 aromatic carbocycles. The van der Waals surface area contributed by atoms with Gasteiger partial charge in [-0.15, -0.1) is 11.3 Å². The van der Waals surface area contributed by atoms with Crippen LogP contribution in [0.1, 0.15) is 5.01 Å². The van der Waals surface area contributed by atoms with Crippen molar-refractivity contribution in [3.8, 4) is 0 Å².